The van der Waals surface area contributed by atoms with Crippen LogP contribution in [0.5, 0.6) is 0 Å². The second kappa shape index (κ2) is 10.1. The van der Waals surface area contributed by atoms with Crippen molar-refractivity contribution < 1.29 is 18.0 Å². The monoisotopic (exact) mass is 496 g/mol. The van der Waals surface area contributed by atoms with E-state index in [9.17, 15) is 18.0 Å². The molecule has 3 nitrogen and oxygen atoms in total. The second-order valence-electron chi connectivity index (χ2n) is 9.04. The summed E-state index contributed by atoms with van der Waals surface area (Å²) in [6.07, 6.45) is -3.33. The van der Waals surface area contributed by atoms with Crippen LogP contribution in [-0.4, -0.2) is 42.5 Å². The highest BCUT2D eigenvalue weighted by Crippen LogP contribution is 2.48. The molecule has 7 heteroatoms. The van der Waals surface area contributed by atoms with Crippen LogP contribution in [0.25, 0.3) is 0 Å². The van der Waals surface area contributed by atoms with Gasteiger partial charge in [-0.05, 0) is 50.1 Å². The number of para-hydroxylation sites is 2. The summed E-state index contributed by atoms with van der Waals surface area (Å²) in [7, 11) is 0. The van der Waals surface area contributed by atoms with Crippen LogP contribution < -0.4 is 4.90 Å². The van der Waals surface area contributed by atoms with E-state index in [2.05, 4.69) is 29.2 Å². The zero-order valence-corrected chi connectivity index (χ0v) is 20.1. The van der Waals surface area contributed by atoms with Crippen LogP contribution in [0, 0.1) is 5.92 Å². The van der Waals surface area contributed by atoms with Gasteiger partial charge in [-0.1, -0.05) is 66.4 Å². The third kappa shape index (κ3) is 4.98. The largest absolute Gasteiger partial charge is 0.393 e. The smallest absolute Gasteiger partial charge is 0.340 e. The number of carbonyl (C=O) groups is 1. The minimum atomic E-state index is -4.41. The van der Waals surface area contributed by atoms with Crippen molar-refractivity contribution in [3.63, 3.8) is 0 Å². The van der Waals surface area contributed by atoms with E-state index in [4.69, 9.17) is 0 Å². The lowest BCUT2D eigenvalue weighted by Gasteiger charge is -2.41. The van der Waals surface area contributed by atoms with Crippen LogP contribution in [0.3, 0.4) is 0 Å². The lowest BCUT2D eigenvalue weighted by atomic mass is 9.83. The Labute approximate surface area is 207 Å². The first-order chi connectivity index (χ1) is 16.9. The number of alkyl halides is 3. The number of piperidine rings is 1. The number of likely N-dealkylation sites (tertiary alicyclic amines) is 1. The van der Waals surface area contributed by atoms with Crippen molar-refractivity contribution in [3.8, 4) is 0 Å². The van der Waals surface area contributed by atoms with Gasteiger partial charge in [-0.15, -0.1) is 0 Å². The number of Topliss-reactive ketones (excluding diaryl/α,β-unsaturated/α-hetero) is 1. The van der Waals surface area contributed by atoms with Gasteiger partial charge in [0.15, 0.2) is 5.78 Å². The lowest BCUT2D eigenvalue weighted by Crippen LogP contribution is -2.54. The van der Waals surface area contributed by atoms with Gasteiger partial charge in [0.2, 0.25) is 0 Å². The van der Waals surface area contributed by atoms with Crippen molar-refractivity contribution in [1.29, 1.82) is 0 Å². The quantitative estimate of drug-likeness (QED) is 0.337. The Morgan fingerprint density at radius 3 is 2.09 bits per heavy atom. The summed E-state index contributed by atoms with van der Waals surface area (Å²) < 4.78 is 42.0. The van der Waals surface area contributed by atoms with Crippen LogP contribution in [0.1, 0.15) is 29.6 Å². The number of ketones is 1. The molecule has 0 bridgehead atoms. The van der Waals surface area contributed by atoms with Crippen molar-refractivity contribution in [2.24, 2.45) is 5.92 Å². The van der Waals surface area contributed by atoms with Crippen LogP contribution in [0.4, 0.5) is 24.5 Å². The molecular formula is C28H27F3N2OS. The number of hydrogen-bond acceptors (Lipinski definition) is 4. The molecular weight excluding hydrogens is 469 g/mol. The van der Waals surface area contributed by atoms with Gasteiger partial charge in [0, 0.05) is 28.4 Å². The molecule has 0 radical (unpaired) electrons. The zero-order chi connectivity index (χ0) is 24.4. The molecule has 2 atom stereocenters. The van der Waals surface area contributed by atoms with Crippen molar-refractivity contribution in [2.45, 2.75) is 41.3 Å². The average Bonchev–Trinajstić information content (AvgIpc) is 2.87. The summed E-state index contributed by atoms with van der Waals surface area (Å²) >= 11 is 1.73. The molecule has 1 saturated heterocycles. The van der Waals surface area contributed by atoms with Crippen LogP contribution in [0.15, 0.2) is 88.7 Å². The first kappa shape index (κ1) is 23.9. The Morgan fingerprint density at radius 1 is 0.857 bits per heavy atom. The minimum Gasteiger partial charge on any atom is -0.340 e. The Bertz CT molecular complexity index is 1140. The summed E-state index contributed by atoms with van der Waals surface area (Å²) in [6, 6.07) is 23.6. The summed E-state index contributed by atoms with van der Waals surface area (Å²) in [5, 5.41) is 0. The number of fused-ring (bicyclic) bond motifs is 2. The molecule has 0 spiro atoms. The molecule has 182 valence electrons. The van der Waals surface area contributed by atoms with Crippen LogP contribution >= 0.6 is 11.8 Å². The summed E-state index contributed by atoms with van der Waals surface area (Å²) in [5.74, 6) is -2.07. The maximum Gasteiger partial charge on any atom is 0.393 e. The third-order valence-electron chi connectivity index (χ3n) is 6.84. The first-order valence-electron chi connectivity index (χ1n) is 12.0. The Kier molecular flexibility index (Phi) is 6.89. The number of nitrogens with zero attached hydrogens (tertiary/aromatic N) is 2. The predicted octanol–water partition coefficient (Wildman–Crippen LogP) is 7.21. The molecule has 3 aromatic carbocycles. The molecule has 5 rings (SSSR count). The normalized spacial score (nSPS) is 20.3. The first-order valence-corrected chi connectivity index (χ1v) is 12.8. The fourth-order valence-corrected chi connectivity index (χ4v) is 6.33. The van der Waals surface area contributed by atoms with Gasteiger partial charge in [0.1, 0.15) is 0 Å². The number of halogens is 3. The SMILES string of the molecule is O=C(c1ccccc1)C1C(C(F)(F)F)CCCN1CCCN1c2ccccc2Sc2ccccc21. The molecule has 2 unspecified atom stereocenters. The molecule has 1 fully saturated rings. The highest BCUT2D eigenvalue weighted by atomic mass is 32.2. The van der Waals surface area contributed by atoms with E-state index in [-0.39, 0.29) is 6.42 Å². The van der Waals surface area contributed by atoms with Gasteiger partial charge in [-0.3, -0.25) is 9.69 Å². The van der Waals surface area contributed by atoms with E-state index >= 15 is 0 Å². The highest BCUT2D eigenvalue weighted by Gasteiger charge is 2.50. The number of hydrogen-bond donors (Lipinski definition) is 0. The fourth-order valence-electron chi connectivity index (χ4n) is 5.23. The molecule has 35 heavy (non-hydrogen) atoms. The van der Waals surface area contributed by atoms with Gasteiger partial charge in [-0.2, -0.15) is 13.2 Å². The van der Waals surface area contributed by atoms with Gasteiger partial charge in [0.25, 0.3) is 0 Å². The van der Waals surface area contributed by atoms with Crippen molar-refractivity contribution in [1.82, 2.24) is 4.90 Å². The molecule has 0 amide bonds. The summed E-state index contributed by atoms with van der Waals surface area (Å²) in [5.41, 5.74) is 2.56. The van der Waals surface area contributed by atoms with Crippen molar-refractivity contribution >= 4 is 28.9 Å². The molecule has 2 heterocycles. The summed E-state index contributed by atoms with van der Waals surface area (Å²) in [6.45, 7) is 1.59. The Morgan fingerprint density at radius 2 is 1.46 bits per heavy atom. The molecule has 3 aromatic rings. The molecule has 0 aliphatic carbocycles. The Balaban J connectivity index is 1.36. The van der Waals surface area contributed by atoms with E-state index in [1.54, 1.807) is 47.0 Å². The number of carbonyl (C=O) groups excluding carboxylic acids is 1. The molecule has 0 aromatic heterocycles. The minimum absolute atomic E-state index is 0.00661. The van der Waals surface area contributed by atoms with Crippen molar-refractivity contribution in [2.75, 3.05) is 24.5 Å². The maximum absolute atomic E-state index is 14.0. The van der Waals surface area contributed by atoms with E-state index in [0.29, 0.717) is 38.0 Å². The number of benzene rings is 3. The van der Waals surface area contributed by atoms with E-state index in [0.717, 1.165) is 11.4 Å². The molecule has 2 aliphatic heterocycles. The average molecular weight is 497 g/mol. The lowest BCUT2D eigenvalue weighted by molar-refractivity contribution is -0.195. The number of anilines is 2. The predicted molar refractivity (Wildman–Crippen MR) is 134 cm³/mol. The van der Waals surface area contributed by atoms with E-state index in [1.165, 1.54) is 9.79 Å². The topological polar surface area (TPSA) is 23.6 Å². The number of rotatable bonds is 6. The highest BCUT2D eigenvalue weighted by molar-refractivity contribution is 7.99. The van der Waals surface area contributed by atoms with E-state index in [1.807, 2.05) is 24.3 Å². The zero-order valence-electron chi connectivity index (χ0n) is 19.2. The van der Waals surface area contributed by atoms with Crippen molar-refractivity contribution in [3.05, 3.63) is 84.4 Å². The second-order valence-corrected chi connectivity index (χ2v) is 10.1. The standard InChI is InChI=1S/C28H27F3N2OS/c29-28(30,31)21-12-8-17-32(26(21)27(34)20-10-2-1-3-11-20)18-9-19-33-22-13-4-6-15-24(22)35-25-16-7-5-14-23(25)33/h1-7,10-11,13-16,21,26H,8-9,12,17-19H2. The molecule has 0 saturated carbocycles. The molecule has 2 aliphatic rings. The van der Waals surface area contributed by atoms with Gasteiger partial charge >= 0.3 is 6.18 Å². The van der Waals surface area contributed by atoms with E-state index < -0.39 is 23.9 Å². The van der Waals surface area contributed by atoms with Gasteiger partial charge < -0.3 is 4.90 Å². The summed E-state index contributed by atoms with van der Waals surface area (Å²) in [4.78, 5) is 19.7. The third-order valence-corrected chi connectivity index (χ3v) is 7.97. The van der Waals surface area contributed by atoms with Crippen LogP contribution in [-0.2, 0) is 0 Å². The van der Waals surface area contributed by atoms with Gasteiger partial charge in [0.05, 0.1) is 23.3 Å². The van der Waals surface area contributed by atoms with Crippen LogP contribution in [0.2, 0.25) is 0 Å². The van der Waals surface area contributed by atoms with Gasteiger partial charge in [-0.25, -0.2) is 0 Å². The Hall–Kier alpha value is -2.77. The fraction of sp³-hybridized carbons (Fsp3) is 0.321. The molecule has 0 N–H and O–H groups in total. The maximum atomic E-state index is 14.0.